The van der Waals surface area contributed by atoms with Crippen molar-refractivity contribution in [3.05, 3.63) is 72.1 Å². The second-order valence-corrected chi connectivity index (χ2v) is 13.0. The van der Waals surface area contributed by atoms with Crippen LogP contribution < -0.4 is 14.4 Å². The summed E-state index contributed by atoms with van der Waals surface area (Å²) in [5.74, 6) is 1.09. The molecule has 4 aromatic heterocycles. The summed E-state index contributed by atoms with van der Waals surface area (Å²) in [5.41, 5.74) is 3.37. The van der Waals surface area contributed by atoms with Gasteiger partial charge in [-0.15, -0.1) is 5.10 Å². The largest absolute Gasteiger partial charge is 0.494 e. The summed E-state index contributed by atoms with van der Waals surface area (Å²) >= 11 is 0. The number of hydrogen-bond donors (Lipinski definition) is 0. The molecule has 1 amide bonds. The standard InChI is InChI=1S/C36H36F2N10O4/c1-6-51-25-16-45(4)36(49)30-13-24(52-32-9-21(14-39-44-32)26-10-23(38)11-28-33(26)46(18-25)20(3)43-28)17-47(30)34-27-15-40-48(35(27)42-19(2)41-34)29-8-7-22(37)12-31(29)50-5/h7-12,14-15,24-25,30H,6,13,16-18H2,1-5H3/t24-,25-,30-/m0/s1. The number of hydrogen-bond acceptors (Lipinski definition) is 11. The van der Waals surface area contributed by atoms with Gasteiger partial charge in [-0.05, 0) is 39.0 Å². The summed E-state index contributed by atoms with van der Waals surface area (Å²) in [6.45, 7) is 6.87. The Hall–Kier alpha value is -5.77. The molecule has 0 unspecified atom stereocenters. The number of amides is 1. The molecule has 2 aromatic carbocycles. The van der Waals surface area contributed by atoms with Crippen molar-refractivity contribution in [3.63, 3.8) is 0 Å². The monoisotopic (exact) mass is 710 g/mol. The molecule has 16 heteroatoms. The van der Waals surface area contributed by atoms with Crippen molar-refractivity contribution in [2.75, 3.05) is 38.8 Å². The third-order valence-corrected chi connectivity index (χ3v) is 9.58. The predicted molar refractivity (Wildman–Crippen MR) is 187 cm³/mol. The maximum Gasteiger partial charge on any atom is 0.245 e. The number of anilines is 1. The van der Waals surface area contributed by atoms with Gasteiger partial charge in [-0.3, -0.25) is 4.79 Å². The Morgan fingerprint density at radius 1 is 1.00 bits per heavy atom. The van der Waals surface area contributed by atoms with Gasteiger partial charge in [-0.1, -0.05) is 0 Å². The fourth-order valence-electron chi connectivity index (χ4n) is 7.34. The summed E-state index contributed by atoms with van der Waals surface area (Å²) in [7, 11) is 3.21. The lowest BCUT2D eigenvalue weighted by atomic mass is 10.1. The van der Waals surface area contributed by atoms with Gasteiger partial charge in [-0.2, -0.15) is 10.2 Å². The zero-order valence-electron chi connectivity index (χ0n) is 29.2. The highest BCUT2D eigenvalue weighted by atomic mass is 19.1. The number of carbonyl (C=O) groups is 1. The fraction of sp³-hybridized carbons (Fsp3) is 0.361. The van der Waals surface area contributed by atoms with Crippen molar-refractivity contribution in [2.24, 2.45) is 0 Å². The number of nitrogens with zero attached hydrogens (tertiary/aromatic N) is 10. The van der Waals surface area contributed by atoms with E-state index in [9.17, 15) is 9.18 Å². The molecule has 0 aliphatic carbocycles. The van der Waals surface area contributed by atoms with Crippen LogP contribution in [-0.4, -0.2) is 102 Å². The van der Waals surface area contributed by atoms with E-state index in [4.69, 9.17) is 24.2 Å². The maximum absolute atomic E-state index is 15.0. The van der Waals surface area contributed by atoms with Crippen LogP contribution in [-0.2, 0) is 16.1 Å². The topological polar surface area (TPSA) is 138 Å². The molecule has 1 fully saturated rings. The minimum absolute atomic E-state index is 0.155. The second-order valence-electron chi connectivity index (χ2n) is 13.0. The average molecular weight is 711 g/mol. The van der Waals surface area contributed by atoms with E-state index in [2.05, 4.69) is 20.3 Å². The van der Waals surface area contributed by atoms with E-state index >= 15 is 4.39 Å². The highest BCUT2D eigenvalue weighted by Gasteiger charge is 2.42. The minimum Gasteiger partial charge on any atom is -0.494 e. The number of likely N-dealkylation sites (N-methyl/N-ethyl adjacent to an activating group) is 1. The quantitative estimate of drug-likeness (QED) is 0.251. The zero-order valence-corrected chi connectivity index (χ0v) is 29.2. The molecule has 4 bridgehead atoms. The van der Waals surface area contributed by atoms with Crippen molar-refractivity contribution in [1.82, 2.24) is 44.4 Å². The number of halogens is 2. The molecule has 6 heterocycles. The Morgan fingerprint density at radius 2 is 1.85 bits per heavy atom. The van der Waals surface area contributed by atoms with Crippen LogP contribution in [0.2, 0.25) is 0 Å². The first-order chi connectivity index (χ1) is 25.1. The molecule has 2 aliphatic rings. The molecule has 0 spiro atoms. The number of aromatic nitrogens is 8. The van der Waals surface area contributed by atoms with Gasteiger partial charge in [0.25, 0.3) is 0 Å². The van der Waals surface area contributed by atoms with Crippen molar-refractivity contribution in [2.45, 2.75) is 52.0 Å². The number of carbonyl (C=O) groups excluding carboxylic acids is 1. The molecule has 6 aromatic rings. The van der Waals surface area contributed by atoms with Crippen molar-refractivity contribution in [1.29, 1.82) is 0 Å². The lowest BCUT2D eigenvalue weighted by Crippen LogP contribution is -2.47. The van der Waals surface area contributed by atoms with E-state index in [1.165, 1.54) is 31.4 Å². The Balaban J connectivity index is 1.24. The predicted octanol–water partition coefficient (Wildman–Crippen LogP) is 4.43. The maximum atomic E-state index is 15.0. The smallest absolute Gasteiger partial charge is 0.245 e. The highest BCUT2D eigenvalue weighted by molar-refractivity contribution is 5.94. The van der Waals surface area contributed by atoms with Crippen molar-refractivity contribution < 1.29 is 27.8 Å². The Kier molecular flexibility index (Phi) is 8.40. The normalized spacial score (nSPS) is 19.2. The summed E-state index contributed by atoms with van der Waals surface area (Å²) in [6, 6.07) is 8.09. The number of ether oxygens (including phenoxy) is 3. The van der Waals surface area contributed by atoms with Crippen LogP contribution in [0.3, 0.4) is 0 Å². The lowest BCUT2D eigenvalue weighted by Gasteiger charge is -2.31. The summed E-state index contributed by atoms with van der Waals surface area (Å²) in [4.78, 5) is 32.3. The van der Waals surface area contributed by atoms with Gasteiger partial charge in [-0.25, -0.2) is 28.4 Å². The number of imidazole rings is 1. The van der Waals surface area contributed by atoms with Gasteiger partial charge in [0.05, 0.1) is 55.1 Å². The van der Waals surface area contributed by atoms with E-state index in [0.29, 0.717) is 70.4 Å². The Labute approximate surface area is 297 Å². The highest BCUT2D eigenvalue weighted by Crippen LogP contribution is 2.36. The molecule has 14 nitrogen and oxygen atoms in total. The van der Waals surface area contributed by atoms with Crippen LogP contribution >= 0.6 is 0 Å². The van der Waals surface area contributed by atoms with E-state index in [-0.39, 0.29) is 30.6 Å². The number of aryl methyl sites for hydroxylation is 2. The molecule has 2 aliphatic heterocycles. The minimum atomic E-state index is -0.687. The molecule has 3 atom stereocenters. The Bertz CT molecular complexity index is 2350. The average Bonchev–Trinajstić information content (AvgIpc) is 3.82. The van der Waals surface area contributed by atoms with Gasteiger partial charge in [0.15, 0.2) is 5.65 Å². The molecular formula is C36H36F2N10O4. The molecule has 0 N–H and O–H groups in total. The molecule has 0 saturated carbocycles. The van der Waals surface area contributed by atoms with Gasteiger partial charge >= 0.3 is 0 Å². The molecule has 268 valence electrons. The summed E-state index contributed by atoms with van der Waals surface area (Å²) < 4.78 is 50.8. The summed E-state index contributed by atoms with van der Waals surface area (Å²) in [6.07, 6.45) is 2.59. The van der Waals surface area contributed by atoms with Crippen molar-refractivity contribution in [3.8, 4) is 28.4 Å². The molecule has 8 rings (SSSR count). The Morgan fingerprint density at radius 3 is 2.65 bits per heavy atom. The fourth-order valence-corrected chi connectivity index (χ4v) is 7.34. The van der Waals surface area contributed by atoms with Gasteiger partial charge in [0.2, 0.25) is 11.8 Å². The van der Waals surface area contributed by atoms with Crippen molar-refractivity contribution >= 4 is 33.8 Å². The molecule has 52 heavy (non-hydrogen) atoms. The van der Waals surface area contributed by atoms with Crippen LogP contribution in [0.25, 0.3) is 38.9 Å². The van der Waals surface area contributed by atoms with Gasteiger partial charge in [0, 0.05) is 55.9 Å². The number of benzene rings is 2. The first kappa shape index (κ1) is 33.4. The van der Waals surface area contributed by atoms with Crippen LogP contribution in [0.1, 0.15) is 25.0 Å². The molecule has 1 saturated heterocycles. The molecule has 0 radical (unpaired) electrons. The van der Waals surface area contributed by atoms with Crippen LogP contribution in [0.5, 0.6) is 11.6 Å². The molecular weight excluding hydrogens is 674 g/mol. The number of methoxy groups -OCH3 is 1. The van der Waals surface area contributed by atoms with Gasteiger partial charge in [0.1, 0.15) is 52.7 Å². The third kappa shape index (κ3) is 5.81. The van der Waals surface area contributed by atoms with E-state index in [0.717, 1.165) is 5.52 Å². The lowest BCUT2D eigenvalue weighted by molar-refractivity contribution is -0.133. The third-order valence-electron chi connectivity index (χ3n) is 9.58. The number of rotatable bonds is 5. The van der Waals surface area contributed by atoms with E-state index < -0.39 is 29.9 Å². The summed E-state index contributed by atoms with van der Waals surface area (Å²) in [5, 5.41) is 13.7. The first-order valence-corrected chi connectivity index (χ1v) is 17.0. The zero-order chi connectivity index (χ0) is 36.3. The number of fused-ring (bicyclic) bond motifs is 6. The first-order valence-electron chi connectivity index (χ1n) is 17.0. The van der Waals surface area contributed by atoms with Gasteiger partial charge < -0.3 is 28.6 Å². The second kappa shape index (κ2) is 13.1. The van der Waals surface area contributed by atoms with Crippen LogP contribution in [0.4, 0.5) is 14.6 Å². The SMILES string of the molecule is CCO[C@H]1CN(C)C(=O)[C@@H]2C[C@@H](CN2c2nc(C)nc3c2cnn3-c2ccc(F)cc2OC)Oc2cc(cnn2)-c2cc(F)cc3nc(C)n(c23)C1. The van der Waals surface area contributed by atoms with E-state index in [1.807, 2.05) is 23.3 Å². The van der Waals surface area contributed by atoms with Crippen LogP contribution in [0.15, 0.2) is 48.8 Å². The van der Waals surface area contributed by atoms with Crippen LogP contribution in [0, 0.1) is 25.5 Å². The van der Waals surface area contributed by atoms with E-state index in [1.54, 1.807) is 48.1 Å².